The second kappa shape index (κ2) is 6.73. The van der Waals surface area contributed by atoms with Gasteiger partial charge in [-0.05, 0) is 49.1 Å². The van der Waals surface area contributed by atoms with Crippen LogP contribution in [0.25, 0.3) is 0 Å². The smallest absolute Gasteiger partial charge is 0.232 e. The lowest BCUT2D eigenvalue weighted by atomic mass is 9.76. The lowest BCUT2D eigenvalue weighted by Crippen LogP contribution is -2.40. The highest BCUT2D eigenvalue weighted by molar-refractivity contribution is 6.31. The molecule has 3 nitrogen and oxygen atoms in total. The Balaban J connectivity index is 1.89. The summed E-state index contributed by atoms with van der Waals surface area (Å²) in [7, 11) is 0. The summed E-state index contributed by atoms with van der Waals surface area (Å²) in [6.07, 6.45) is 2.38. The van der Waals surface area contributed by atoms with Crippen LogP contribution in [0.5, 0.6) is 0 Å². The normalized spacial score (nSPS) is 20.4. The van der Waals surface area contributed by atoms with Gasteiger partial charge in [0.1, 0.15) is 0 Å². The Morgan fingerprint density at radius 3 is 2.62 bits per heavy atom. The van der Waals surface area contributed by atoms with E-state index in [1.807, 2.05) is 43.3 Å². The Labute approximate surface area is 158 Å². The van der Waals surface area contributed by atoms with Crippen molar-refractivity contribution in [3.63, 3.8) is 0 Å². The summed E-state index contributed by atoms with van der Waals surface area (Å²) in [5.74, 6) is 0.0370. The molecule has 0 N–H and O–H groups in total. The number of carbonyl (C=O) groups excluding carboxylic acids is 2. The van der Waals surface area contributed by atoms with Gasteiger partial charge in [-0.1, -0.05) is 41.9 Å². The van der Waals surface area contributed by atoms with Crippen LogP contribution >= 0.6 is 11.6 Å². The van der Waals surface area contributed by atoms with Crippen LogP contribution in [0.1, 0.15) is 42.7 Å². The minimum Gasteiger partial charge on any atom is -0.294 e. The van der Waals surface area contributed by atoms with Crippen LogP contribution in [-0.4, -0.2) is 11.7 Å². The van der Waals surface area contributed by atoms with Crippen molar-refractivity contribution in [1.29, 1.82) is 0 Å². The summed E-state index contributed by atoms with van der Waals surface area (Å²) in [5, 5.41) is 0.584. The SMILES string of the molecule is Cc1ccccc1C1CC(=O)N(c2cccc(Cl)c2)C2=C1C(=O)CCC2. The van der Waals surface area contributed by atoms with E-state index in [2.05, 4.69) is 0 Å². The number of halogens is 1. The van der Waals surface area contributed by atoms with Crippen LogP contribution in [0.2, 0.25) is 5.02 Å². The molecule has 0 saturated carbocycles. The Kier molecular flexibility index (Phi) is 4.41. The minimum absolute atomic E-state index is 0.0222. The predicted molar refractivity (Wildman–Crippen MR) is 103 cm³/mol. The van der Waals surface area contributed by atoms with Crippen molar-refractivity contribution in [3.8, 4) is 0 Å². The number of carbonyl (C=O) groups is 2. The Morgan fingerprint density at radius 1 is 1.04 bits per heavy atom. The maximum atomic E-state index is 13.1. The predicted octanol–water partition coefficient (Wildman–Crippen LogP) is 5.18. The summed E-state index contributed by atoms with van der Waals surface area (Å²) in [5.41, 5.74) is 4.60. The van der Waals surface area contributed by atoms with E-state index in [1.165, 1.54) is 0 Å². The van der Waals surface area contributed by atoms with Gasteiger partial charge in [-0.25, -0.2) is 0 Å². The number of nitrogens with zero attached hydrogens (tertiary/aromatic N) is 1. The van der Waals surface area contributed by atoms with Gasteiger partial charge in [0.15, 0.2) is 5.78 Å². The molecule has 4 heteroatoms. The standard InChI is InChI=1S/C22H20ClNO2/c1-14-6-2-3-9-17(14)18-13-21(26)24(16-8-4-7-15(23)12-16)19-10-5-11-20(25)22(18)19/h2-4,6-9,12,18H,5,10-11,13H2,1H3. The number of rotatable bonds is 2. The van der Waals surface area contributed by atoms with Crippen molar-refractivity contribution in [2.75, 3.05) is 4.90 Å². The second-order valence-electron chi connectivity index (χ2n) is 6.96. The molecular formula is C22H20ClNO2. The summed E-state index contributed by atoms with van der Waals surface area (Å²) in [4.78, 5) is 27.7. The number of Topliss-reactive ketones (excluding diaryl/α,β-unsaturated/α-hetero) is 1. The first kappa shape index (κ1) is 17.0. The zero-order valence-electron chi connectivity index (χ0n) is 14.7. The largest absolute Gasteiger partial charge is 0.294 e. The summed E-state index contributed by atoms with van der Waals surface area (Å²) in [6, 6.07) is 15.3. The van der Waals surface area contributed by atoms with Gasteiger partial charge in [-0.15, -0.1) is 0 Å². The van der Waals surface area contributed by atoms with Gasteiger partial charge < -0.3 is 0 Å². The van der Waals surface area contributed by atoms with E-state index in [0.29, 0.717) is 17.9 Å². The van der Waals surface area contributed by atoms with Gasteiger partial charge in [-0.2, -0.15) is 0 Å². The third kappa shape index (κ3) is 2.86. The number of anilines is 1. The molecule has 0 radical (unpaired) electrons. The number of ketones is 1. The molecule has 2 aromatic rings. The highest BCUT2D eigenvalue weighted by atomic mass is 35.5. The Morgan fingerprint density at radius 2 is 1.85 bits per heavy atom. The molecule has 0 bridgehead atoms. The quantitative estimate of drug-likeness (QED) is 0.735. The Bertz CT molecular complexity index is 931. The molecule has 0 saturated heterocycles. The van der Waals surface area contributed by atoms with Crippen LogP contribution in [0, 0.1) is 6.92 Å². The fourth-order valence-electron chi connectivity index (χ4n) is 4.15. The molecule has 2 aliphatic rings. The number of allylic oxidation sites excluding steroid dienone is 2. The van der Waals surface area contributed by atoms with Gasteiger partial charge in [0.05, 0.1) is 5.69 Å². The van der Waals surface area contributed by atoms with Crippen molar-refractivity contribution in [2.24, 2.45) is 0 Å². The lowest BCUT2D eigenvalue weighted by Gasteiger charge is -2.38. The maximum absolute atomic E-state index is 13.1. The molecule has 0 fully saturated rings. The maximum Gasteiger partial charge on any atom is 0.232 e. The van der Waals surface area contributed by atoms with Crippen molar-refractivity contribution in [3.05, 3.63) is 76.0 Å². The van der Waals surface area contributed by atoms with Gasteiger partial charge in [0.2, 0.25) is 5.91 Å². The van der Waals surface area contributed by atoms with Crippen molar-refractivity contribution in [1.82, 2.24) is 0 Å². The van der Waals surface area contributed by atoms with Crippen LogP contribution in [0.3, 0.4) is 0 Å². The monoisotopic (exact) mass is 365 g/mol. The molecule has 0 spiro atoms. The van der Waals surface area contributed by atoms with Gasteiger partial charge in [-0.3, -0.25) is 14.5 Å². The summed E-state index contributed by atoms with van der Waals surface area (Å²) < 4.78 is 0. The molecule has 0 aromatic heterocycles. The van der Waals surface area contributed by atoms with Crippen LogP contribution in [-0.2, 0) is 9.59 Å². The van der Waals surface area contributed by atoms with E-state index in [9.17, 15) is 9.59 Å². The van der Waals surface area contributed by atoms with E-state index < -0.39 is 0 Å². The van der Waals surface area contributed by atoms with Crippen LogP contribution in [0.15, 0.2) is 59.8 Å². The van der Waals surface area contributed by atoms with Crippen molar-refractivity contribution in [2.45, 2.75) is 38.5 Å². The van der Waals surface area contributed by atoms with Gasteiger partial charge in [0, 0.05) is 35.1 Å². The molecule has 1 atom stereocenters. The zero-order chi connectivity index (χ0) is 18.3. The van der Waals surface area contributed by atoms with E-state index >= 15 is 0 Å². The average Bonchev–Trinajstić information content (AvgIpc) is 2.61. The lowest BCUT2D eigenvalue weighted by molar-refractivity contribution is -0.119. The zero-order valence-corrected chi connectivity index (χ0v) is 15.4. The molecule has 132 valence electrons. The number of hydrogen-bond donors (Lipinski definition) is 0. The summed E-state index contributed by atoms with van der Waals surface area (Å²) in [6.45, 7) is 2.04. The van der Waals surface area contributed by atoms with Crippen molar-refractivity contribution < 1.29 is 9.59 Å². The number of amides is 1. The first-order valence-electron chi connectivity index (χ1n) is 8.96. The molecule has 1 heterocycles. The third-order valence-corrected chi connectivity index (χ3v) is 5.54. The second-order valence-corrected chi connectivity index (χ2v) is 7.40. The molecule has 2 aromatic carbocycles. The number of hydrogen-bond acceptors (Lipinski definition) is 2. The molecular weight excluding hydrogens is 346 g/mol. The van der Waals surface area contributed by atoms with Gasteiger partial charge >= 0.3 is 0 Å². The third-order valence-electron chi connectivity index (χ3n) is 5.31. The highest BCUT2D eigenvalue weighted by Gasteiger charge is 2.40. The van der Waals surface area contributed by atoms with Crippen LogP contribution < -0.4 is 4.90 Å². The van der Waals surface area contributed by atoms with Crippen molar-refractivity contribution >= 4 is 29.0 Å². The van der Waals surface area contributed by atoms with Gasteiger partial charge in [0.25, 0.3) is 0 Å². The van der Waals surface area contributed by atoms with Crippen LogP contribution in [0.4, 0.5) is 5.69 Å². The highest BCUT2D eigenvalue weighted by Crippen LogP contribution is 2.44. The first-order valence-corrected chi connectivity index (χ1v) is 9.34. The fourth-order valence-corrected chi connectivity index (χ4v) is 4.34. The van der Waals surface area contributed by atoms with E-state index in [0.717, 1.165) is 40.9 Å². The average molecular weight is 366 g/mol. The number of aryl methyl sites for hydroxylation is 1. The molecule has 1 amide bonds. The molecule has 26 heavy (non-hydrogen) atoms. The van der Waals surface area contributed by atoms with E-state index in [1.54, 1.807) is 17.0 Å². The molecule has 4 rings (SSSR count). The molecule has 1 aliphatic carbocycles. The fraction of sp³-hybridized carbons (Fsp3) is 0.273. The van der Waals surface area contributed by atoms with E-state index in [4.69, 9.17) is 11.6 Å². The Hall–Kier alpha value is -2.39. The summed E-state index contributed by atoms with van der Waals surface area (Å²) >= 11 is 6.14. The number of benzene rings is 2. The minimum atomic E-state index is -0.151. The first-order chi connectivity index (χ1) is 12.6. The molecule has 1 aliphatic heterocycles. The topological polar surface area (TPSA) is 37.4 Å². The van der Waals surface area contributed by atoms with E-state index in [-0.39, 0.29) is 17.6 Å². The molecule has 1 unspecified atom stereocenters.